The molecule has 6 heteroatoms. The average Bonchev–Trinajstić information content (AvgIpc) is 2.10. The van der Waals surface area contributed by atoms with Gasteiger partial charge in [0.1, 0.15) is 0 Å². The predicted octanol–water partition coefficient (Wildman–Crippen LogP) is 0.724. The maximum atomic E-state index is 10.5. The second-order valence-electron chi connectivity index (χ2n) is 2.16. The third-order valence-electron chi connectivity index (χ3n) is 1.16. The normalized spacial score (nSPS) is 10.1. The fraction of sp³-hybridized carbons (Fsp3) is 0.571. The number of esters is 1. The van der Waals surface area contributed by atoms with Crippen molar-refractivity contribution in [3.05, 3.63) is 12.7 Å². The number of unbranched alkanes of at least 4 members (excludes halogenated alkanes) is 1. The maximum absolute atomic E-state index is 10.5. The number of rotatable bonds is 7. The van der Waals surface area contributed by atoms with Crippen LogP contribution in [-0.2, 0) is 14.1 Å². The van der Waals surface area contributed by atoms with Crippen LogP contribution >= 0.6 is 8.60 Å². The largest absolute Gasteiger partial charge is 0.463 e. The highest BCUT2D eigenvalue weighted by atomic mass is 31.2. The van der Waals surface area contributed by atoms with Crippen molar-refractivity contribution in [2.75, 3.05) is 13.2 Å². The Morgan fingerprint density at radius 3 is 2.54 bits per heavy atom. The van der Waals surface area contributed by atoms with Crippen molar-refractivity contribution < 1.29 is 23.8 Å². The highest BCUT2D eigenvalue weighted by Gasteiger charge is 1.99. The Kier molecular flexibility index (Phi) is 7.83. The molecule has 0 aromatic rings. The molecule has 2 N–H and O–H groups in total. The van der Waals surface area contributed by atoms with Crippen molar-refractivity contribution in [1.29, 1.82) is 0 Å². The van der Waals surface area contributed by atoms with Crippen LogP contribution in [0.3, 0.4) is 0 Å². The molecule has 0 bridgehead atoms. The van der Waals surface area contributed by atoms with E-state index < -0.39 is 14.6 Å². The summed E-state index contributed by atoms with van der Waals surface area (Å²) in [6.07, 6.45) is 2.34. The molecule has 0 radical (unpaired) electrons. The molecule has 0 spiro atoms. The molecule has 0 aliphatic carbocycles. The quantitative estimate of drug-likeness (QED) is 0.279. The van der Waals surface area contributed by atoms with Gasteiger partial charge in [-0.3, -0.25) is 0 Å². The Hall–Kier alpha value is -0.480. The Balaban J connectivity index is 3.08. The molecule has 0 atom stereocenters. The Morgan fingerprint density at radius 1 is 1.38 bits per heavy atom. The number of hydrogen-bond donors (Lipinski definition) is 2. The van der Waals surface area contributed by atoms with Crippen LogP contribution in [0, 0.1) is 0 Å². The zero-order chi connectivity index (χ0) is 10.1. The van der Waals surface area contributed by atoms with Crippen LogP contribution in [0.4, 0.5) is 0 Å². The van der Waals surface area contributed by atoms with E-state index in [2.05, 4.69) is 15.8 Å². The second-order valence-corrected chi connectivity index (χ2v) is 2.93. The minimum absolute atomic E-state index is 0.254. The molecule has 0 amide bonds. The lowest BCUT2D eigenvalue weighted by Crippen LogP contribution is -2.02. The van der Waals surface area contributed by atoms with Crippen molar-refractivity contribution in [2.24, 2.45) is 0 Å². The number of carbonyl (C=O) groups is 1. The van der Waals surface area contributed by atoms with Gasteiger partial charge in [0.15, 0.2) is 0 Å². The molecular formula is C7H13O5P. The molecule has 0 heterocycles. The van der Waals surface area contributed by atoms with E-state index in [0.29, 0.717) is 19.4 Å². The van der Waals surface area contributed by atoms with Gasteiger partial charge >= 0.3 is 14.6 Å². The summed E-state index contributed by atoms with van der Waals surface area (Å²) in [6.45, 7) is 3.79. The van der Waals surface area contributed by atoms with Gasteiger partial charge in [0.25, 0.3) is 0 Å². The molecule has 13 heavy (non-hydrogen) atoms. The average molecular weight is 208 g/mol. The van der Waals surface area contributed by atoms with Crippen molar-refractivity contribution in [3.8, 4) is 0 Å². The van der Waals surface area contributed by atoms with Crippen molar-refractivity contribution in [2.45, 2.75) is 12.8 Å². The van der Waals surface area contributed by atoms with Crippen LogP contribution < -0.4 is 0 Å². The van der Waals surface area contributed by atoms with Gasteiger partial charge < -0.3 is 19.0 Å². The summed E-state index contributed by atoms with van der Waals surface area (Å²) in [7, 11) is -2.26. The van der Waals surface area contributed by atoms with Gasteiger partial charge in [-0.15, -0.1) is 0 Å². The first-order chi connectivity index (χ1) is 6.16. The SMILES string of the molecule is C=CC(=O)OCCCCOP(O)O. The lowest BCUT2D eigenvalue weighted by molar-refractivity contribution is -0.137. The highest BCUT2D eigenvalue weighted by Crippen LogP contribution is 2.24. The summed E-state index contributed by atoms with van der Waals surface area (Å²) < 4.78 is 9.16. The van der Waals surface area contributed by atoms with E-state index in [0.717, 1.165) is 6.08 Å². The van der Waals surface area contributed by atoms with Gasteiger partial charge in [0.2, 0.25) is 0 Å². The fourth-order valence-corrected chi connectivity index (χ4v) is 0.874. The third kappa shape index (κ3) is 9.43. The molecule has 0 aliphatic rings. The van der Waals surface area contributed by atoms with Crippen molar-refractivity contribution in [1.82, 2.24) is 0 Å². The van der Waals surface area contributed by atoms with Crippen LogP contribution in [-0.4, -0.2) is 29.0 Å². The molecule has 0 rings (SSSR count). The van der Waals surface area contributed by atoms with Crippen LogP contribution in [0.5, 0.6) is 0 Å². The zero-order valence-electron chi connectivity index (χ0n) is 7.18. The third-order valence-corrected chi connectivity index (χ3v) is 1.57. The van der Waals surface area contributed by atoms with E-state index in [4.69, 9.17) is 9.79 Å². The highest BCUT2D eigenvalue weighted by molar-refractivity contribution is 7.39. The molecule has 0 saturated heterocycles. The second kappa shape index (κ2) is 8.13. The minimum Gasteiger partial charge on any atom is -0.463 e. The summed E-state index contributed by atoms with van der Waals surface area (Å²) in [6, 6.07) is 0. The number of hydrogen-bond acceptors (Lipinski definition) is 5. The van der Waals surface area contributed by atoms with E-state index >= 15 is 0 Å². The lowest BCUT2D eigenvalue weighted by atomic mass is 10.3. The van der Waals surface area contributed by atoms with Gasteiger partial charge in [0.05, 0.1) is 13.2 Å². The first-order valence-electron chi connectivity index (χ1n) is 3.77. The molecule has 0 aromatic carbocycles. The molecule has 0 unspecified atom stereocenters. The maximum Gasteiger partial charge on any atom is 0.330 e. The van der Waals surface area contributed by atoms with Crippen molar-refractivity contribution >= 4 is 14.6 Å². The van der Waals surface area contributed by atoms with E-state index in [1.807, 2.05) is 0 Å². The Morgan fingerprint density at radius 2 is 2.00 bits per heavy atom. The van der Waals surface area contributed by atoms with Gasteiger partial charge in [0, 0.05) is 6.08 Å². The van der Waals surface area contributed by atoms with Gasteiger partial charge in [-0.05, 0) is 12.8 Å². The standard InChI is InChI=1S/C7H13O5P/c1-2-7(8)11-5-3-4-6-12-13(9)10/h2,9-10H,1,3-6H2. The van der Waals surface area contributed by atoms with E-state index in [9.17, 15) is 4.79 Å². The van der Waals surface area contributed by atoms with Crippen LogP contribution in [0.2, 0.25) is 0 Å². The van der Waals surface area contributed by atoms with E-state index in [-0.39, 0.29) is 6.61 Å². The van der Waals surface area contributed by atoms with Crippen LogP contribution in [0.1, 0.15) is 12.8 Å². The van der Waals surface area contributed by atoms with Crippen molar-refractivity contribution in [3.63, 3.8) is 0 Å². The molecule has 76 valence electrons. The fourth-order valence-electron chi connectivity index (χ4n) is 0.582. The summed E-state index contributed by atoms with van der Waals surface area (Å²) >= 11 is 0. The van der Waals surface area contributed by atoms with Gasteiger partial charge in [-0.2, -0.15) is 0 Å². The van der Waals surface area contributed by atoms with E-state index in [1.165, 1.54) is 0 Å². The van der Waals surface area contributed by atoms with Crippen LogP contribution in [0.15, 0.2) is 12.7 Å². The zero-order valence-corrected chi connectivity index (χ0v) is 8.07. The Bertz CT molecular complexity index is 159. The topological polar surface area (TPSA) is 76.0 Å². The Labute approximate surface area is 78.0 Å². The molecule has 5 nitrogen and oxygen atoms in total. The minimum atomic E-state index is -2.26. The monoisotopic (exact) mass is 208 g/mol. The smallest absolute Gasteiger partial charge is 0.330 e. The molecule has 0 saturated carbocycles. The molecule has 0 aliphatic heterocycles. The molecule has 0 fully saturated rings. The summed E-state index contributed by atoms with van der Waals surface area (Å²) in [5, 5.41) is 0. The first kappa shape index (κ1) is 12.5. The van der Waals surface area contributed by atoms with E-state index in [1.54, 1.807) is 0 Å². The van der Waals surface area contributed by atoms with Crippen LogP contribution in [0.25, 0.3) is 0 Å². The molecular weight excluding hydrogens is 195 g/mol. The summed E-state index contributed by atoms with van der Waals surface area (Å²) in [5.41, 5.74) is 0. The number of ether oxygens (including phenoxy) is 1. The molecule has 0 aromatic heterocycles. The van der Waals surface area contributed by atoms with Gasteiger partial charge in [-0.1, -0.05) is 6.58 Å². The first-order valence-corrected chi connectivity index (χ1v) is 4.93. The summed E-state index contributed by atoms with van der Waals surface area (Å²) in [5.74, 6) is -0.451. The lowest BCUT2D eigenvalue weighted by Gasteiger charge is -2.03. The predicted molar refractivity (Wildman–Crippen MR) is 47.7 cm³/mol. The number of carbonyl (C=O) groups excluding carboxylic acids is 1. The summed E-state index contributed by atoms with van der Waals surface area (Å²) in [4.78, 5) is 27.2. The van der Waals surface area contributed by atoms with Gasteiger partial charge in [-0.25, -0.2) is 4.79 Å².